The van der Waals surface area contributed by atoms with Crippen LogP contribution in [0.2, 0.25) is 0 Å². The van der Waals surface area contributed by atoms with Crippen LogP contribution in [0.5, 0.6) is 17.2 Å². The Hall–Kier alpha value is -3.82. The molecule has 4 rings (SSSR count). The second-order valence-corrected chi connectivity index (χ2v) is 11.5. The maximum absolute atomic E-state index is 13.5. The van der Waals surface area contributed by atoms with Crippen molar-refractivity contribution in [3.63, 3.8) is 0 Å². The first-order chi connectivity index (χ1) is 19.3. The van der Waals surface area contributed by atoms with Gasteiger partial charge in [-0.25, -0.2) is 8.42 Å². The molecule has 0 saturated carbocycles. The van der Waals surface area contributed by atoms with Gasteiger partial charge in [-0.15, -0.1) is 0 Å². The van der Waals surface area contributed by atoms with E-state index < -0.39 is 9.84 Å². The summed E-state index contributed by atoms with van der Waals surface area (Å²) >= 11 is 0. The molecule has 1 aromatic heterocycles. The van der Waals surface area contributed by atoms with Crippen LogP contribution in [0.1, 0.15) is 19.4 Å². The van der Waals surface area contributed by atoms with Gasteiger partial charge in [-0.2, -0.15) is 0 Å². The molecular formula is C31H36N2O6S. The van der Waals surface area contributed by atoms with E-state index in [0.717, 1.165) is 18.7 Å². The molecule has 212 valence electrons. The Morgan fingerprint density at radius 2 is 1.57 bits per heavy atom. The first kappa shape index (κ1) is 29.2. The van der Waals surface area contributed by atoms with E-state index in [0.29, 0.717) is 52.1 Å². The standard InChI is InChI=1S/C31H36N2O6S/c1-6-16-39-31-28(37-4)18-22(19-29(31)38-5)21-33-26-12-10-9-11-24(26)30(34)25-14-13-23(20-27(25)33)40(35,36)17-15-32(7-2)8-3/h6,9-14,18-20H,1,7-8,15-17,21H2,2-5H3. The Balaban J connectivity index is 1.89. The first-order valence-corrected chi connectivity index (χ1v) is 14.9. The summed E-state index contributed by atoms with van der Waals surface area (Å²) < 4.78 is 45.7. The van der Waals surface area contributed by atoms with Crippen LogP contribution >= 0.6 is 0 Å². The Labute approximate surface area is 235 Å². The van der Waals surface area contributed by atoms with Crippen LogP contribution < -0.4 is 19.6 Å². The van der Waals surface area contributed by atoms with Crippen LogP contribution in [0.4, 0.5) is 0 Å². The molecule has 4 aromatic rings. The minimum Gasteiger partial charge on any atom is -0.493 e. The van der Waals surface area contributed by atoms with Gasteiger partial charge in [-0.1, -0.05) is 38.6 Å². The summed E-state index contributed by atoms with van der Waals surface area (Å²) in [5.74, 6) is 1.44. The minimum absolute atomic E-state index is 0.00142. The SMILES string of the molecule is C=CCOc1c(OC)cc(Cn2c3ccccc3c(=O)c3ccc(S(=O)(=O)CCN(CC)CC)cc32)cc1OC. The van der Waals surface area contributed by atoms with Crippen LogP contribution in [0.25, 0.3) is 21.8 Å². The molecule has 0 amide bonds. The summed E-state index contributed by atoms with van der Waals surface area (Å²) in [4.78, 5) is 15.7. The van der Waals surface area contributed by atoms with Crippen molar-refractivity contribution in [3.05, 3.63) is 83.0 Å². The number of hydrogen-bond donors (Lipinski definition) is 0. The molecule has 0 aliphatic heterocycles. The predicted octanol–water partition coefficient (Wildman–Crippen LogP) is 4.90. The molecule has 0 radical (unpaired) electrons. The molecule has 0 aliphatic rings. The molecule has 0 saturated heterocycles. The van der Waals surface area contributed by atoms with E-state index in [9.17, 15) is 13.2 Å². The van der Waals surface area contributed by atoms with Gasteiger partial charge < -0.3 is 23.7 Å². The number of methoxy groups -OCH3 is 2. The number of para-hydroxylation sites is 1. The lowest BCUT2D eigenvalue weighted by Crippen LogP contribution is -2.29. The molecule has 0 bridgehead atoms. The number of pyridine rings is 1. The second-order valence-electron chi connectivity index (χ2n) is 9.39. The predicted molar refractivity (Wildman–Crippen MR) is 160 cm³/mol. The van der Waals surface area contributed by atoms with Crippen LogP contribution in [0, 0.1) is 0 Å². The third-order valence-electron chi connectivity index (χ3n) is 7.08. The smallest absolute Gasteiger partial charge is 0.203 e. The molecule has 0 N–H and O–H groups in total. The molecule has 0 fully saturated rings. The number of aromatic nitrogens is 1. The van der Waals surface area contributed by atoms with E-state index >= 15 is 0 Å². The third kappa shape index (κ3) is 5.85. The Morgan fingerprint density at radius 3 is 2.20 bits per heavy atom. The minimum atomic E-state index is -3.58. The van der Waals surface area contributed by atoms with Crippen LogP contribution in [-0.4, -0.2) is 64.1 Å². The summed E-state index contributed by atoms with van der Waals surface area (Å²) in [5, 5.41) is 1.00. The number of nitrogens with zero attached hydrogens (tertiary/aromatic N) is 2. The van der Waals surface area contributed by atoms with E-state index in [1.54, 1.807) is 38.5 Å². The summed E-state index contributed by atoms with van der Waals surface area (Å²) in [5.41, 5.74) is 1.92. The van der Waals surface area contributed by atoms with Crippen molar-refractivity contribution in [1.82, 2.24) is 9.47 Å². The molecule has 1 heterocycles. The Kier molecular flexibility index (Phi) is 9.17. The van der Waals surface area contributed by atoms with Crippen molar-refractivity contribution in [2.24, 2.45) is 0 Å². The third-order valence-corrected chi connectivity index (χ3v) is 8.77. The normalized spacial score (nSPS) is 11.7. The second kappa shape index (κ2) is 12.6. The highest BCUT2D eigenvalue weighted by atomic mass is 32.2. The average molecular weight is 565 g/mol. The summed E-state index contributed by atoms with van der Waals surface area (Å²) in [6.07, 6.45) is 1.64. The average Bonchev–Trinajstić information content (AvgIpc) is 2.98. The van der Waals surface area contributed by atoms with Gasteiger partial charge in [0.1, 0.15) is 6.61 Å². The van der Waals surface area contributed by atoms with Crippen LogP contribution in [0.15, 0.2) is 76.9 Å². The van der Waals surface area contributed by atoms with Crippen molar-refractivity contribution >= 4 is 31.6 Å². The van der Waals surface area contributed by atoms with E-state index in [-0.39, 0.29) is 22.7 Å². The number of ether oxygens (including phenoxy) is 3. The number of fused-ring (bicyclic) bond motifs is 2. The monoisotopic (exact) mass is 564 g/mol. The van der Waals surface area contributed by atoms with Crippen molar-refractivity contribution in [3.8, 4) is 17.2 Å². The van der Waals surface area contributed by atoms with Gasteiger partial charge in [-0.3, -0.25) is 4.79 Å². The molecule has 8 nitrogen and oxygen atoms in total. The maximum atomic E-state index is 13.5. The zero-order valence-corrected chi connectivity index (χ0v) is 24.3. The highest BCUT2D eigenvalue weighted by molar-refractivity contribution is 7.91. The highest BCUT2D eigenvalue weighted by Gasteiger charge is 2.20. The largest absolute Gasteiger partial charge is 0.493 e. The zero-order chi connectivity index (χ0) is 28.9. The maximum Gasteiger partial charge on any atom is 0.203 e. The summed E-state index contributed by atoms with van der Waals surface area (Å²) in [6, 6.07) is 15.8. The fourth-order valence-corrected chi connectivity index (χ4v) is 6.17. The van der Waals surface area contributed by atoms with Gasteiger partial charge in [0.05, 0.1) is 35.9 Å². The molecule has 9 heteroatoms. The lowest BCUT2D eigenvalue weighted by molar-refractivity contribution is 0.300. The van der Waals surface area contributed by atoms with E-state index in [4.69, 9.17) is 14.2 Å². The number of rotatable bonds is 13. The molecule has 0 unspecified atom stereocenters. The van der Waals surface area contributed by atoms with Gasteiger partial charge in [0.15, 0.2) is 26.8 Å². The van der Waals surface area contributed by atoms with Crippen molar-refractivity contribution in [2.75, 3.05) is 46.2 Å². The Bertz CT molecular complexity index is 1660. The van der Waals surface area contributed by atoms with E-state index in [2.05, 4.69) is 11.5 Å². The molecule has 0 spiro atoms. The lowest BCUT2D eigenvalue weighted by atomic mass is 10.1. The van der Waals surface area contributed by atoms with Crippen molar-refractivity contribution < 1.29 is 22.6 Å². The summed E-state index contributed by atoms with van der Waals surface area (Å²) in [6.45, 7) is 10.3. The van der Waals surface area contributed by atoms with Gasteiger partial charge in [0.2, 0.25) is 5.75 Å². The van der Waals surface area contributed by atoms with Gasteiger partial charge in [0, 0.05) is 23.9 Å². The van der Waals surface area contributed by atoms with Gasteiger partial charge in [0.25, 0.3) is 0 Å². The van der Waals surface area contributed by atoms with Crippen LogP contribution in [-0.2, 0) is 16.4 Å². The number of hydrogen-bond acceptors (Lipinski definition) is 7. The van der Waals surface area contributed by atoms with E-state index in [1.807, 2.05) is 48.7 Å². The molecular weight excluding hydrogens is 528 g/mol. The topological polar surface area (TPSA) is 87.1 Å². The van der Waals surface area contributed by atoms with Crippen molar-refractivity contribution in [1.29, 1.82) is 0 Å². The number of benzene rings is 3. The van der Waals surface area contributed by atoms with Gasteiger partial charge >= 0.3 is 0 Å². The quantitative estimate of drug-likeness (QED) is 0.169. The highest BCUT2D eigenvalue weighted by Crippen LogP contribution is 2.39. The fraction of sp³-hybridized carbons (Fsp3) is 0.323. The number of sulfone groups is 1. The molecule has 40 heavy (non-hydrogen) atoms. The lowest BCUT2D eigenvalue weighted by Gasteiger charge is -2.20. The molecule has 3 aromatic carbocycles. The Morgan fingerprint density at radius 1 is 0.925 bits per heavy atom. The summed E-state index contributed by atoms with van der Waals surface area (Å²) in [7, 11) is -0.471. The molecule has 0 aliphatic carbocycles. The van der Waals surface area contributed by atoms with Crippen molar-refractivity contribution in [2.45, 2.75) is 25.3 Å². The van der Waals surface area contributed by atoms with Crippen LogP contribution in [0.3, 0.4) is 0 Å². The first-order valence-electron chi connectivity index (χ1n) is 13.3. The fourth-order valence-electron chi connectivity index (χ4n) is 4.87. The van der Waals surface area contributed by atoms with E-state index in [1.165, 1.54) is 6.07 Å². The van der Waals surface area contributed by atoms with Gasteiger partial charge in [-0.05, 0) is 61.1 Å². The molecule has 0 atom stereocenters. The zero-order valence-electron chi connectivity index (χ0n) is 23.5.